The molecule has 0 fully saturated rings. The van der Waals surface area contributed by atoms with Crippen molar-refractivity contribution >= 4 is 38.9 Å². The van der Waals surface area contributed by atoms with E-state index in [2.05, 4.69) is 276 Å². The van der Waals surface area contributed by atoms with Gasteiger partial charge in [-0.3, -0.25) is 0 Å². The van der Waals surface area contributed by atoms with Gasteiger partial charge in [0.05, 0.1) is 22.1 Å². The predicted octanol–water partition coefficient (Wildman–Crippen LogP) is 17.7. The van der Waals surface area contributed by atoms with Crippen LogP contribution in [-0.2, 0) is 5.41 Å². The van der Waals surface area contributed by atoms with Crippen LogP contribution in [0, 0.1) is 0 Å². The Bertz CT molecular complexity index is 3970. The fourth-order valence-electron chi connectivity index (χ4n) is 11.7. The van der Waals surface area contributed by atoms with E-state index in [1.807, 2.05) is 0 Å². The first-order chi connectivity index (χ1) is 34.7. The predicted molar refractivity (Wildman–Crippen MR) is 289 cm³/mol. The molecule has 0 saturated carbocycles. The minimum absolute atomic E-state index is 0.723. The molecule has 1 aliphatic heterocycles. The molecule has 12 aromatic rings. The van der Waals surface area contributed by atoms with Crippen LogP contribution < -0.4 is 9.64 Å². The van der Waals surface area contributed by atoms with Crippen LogP contribution in [0.2, 0.25) is 0 Å². The number of para-hydroxylation sites is 4. The summed E-state index contributed by atoms with van der Waals surface area (Å²) in [6.45, 7) is 0. The summed E-state index contributed by atoms with van der Waals surface area (Å²) in [7, 11) is 0. The fourth-order valence-corrected chi connectivity index (χ4v) is 11.7. The van der Waals surface area contributed by atoms with Gasteiger partial charge in [0.25, 0.3) is 0 Å². The van der Waals surface area contributed by atoms with Crippen LogP contribution in [0.15, 0.2) is 267 Å². The van der Waals surface area contributed by atoms with E-state index in [4.69, 9.17) is 4.74 Å². The van der Waals surface area contributed by atoms with Gasteiger partial charge in [-0.25, -0.2) is 0 Å². The Hall–Kier alpha value is -9.18. The molecule has 1 aromatic heterocycles. The standard InChI is InChI=1S/C67H44N2O/c1-5-21-45(22-6-1)51-29-14-18-34-62(51)68(50-38-40-55-54-31-15-19-35-63(54)69(64(55)42-50)48-27-11-4-12-28-48)49-37-39-53-52-30-13-16-32-58(52)67(60(53)41-49)59-33-17-20-36-65(59)70-66-44-57(47-25-9-3-10-26-47)56(43-61(66)67)46-23-7-2-8-24-46/h1-44H. The number of aromatic nitrogens is 1. The van der Waals surface area contributed by atoms with Crippen molar-refractivity contribution in [3.05, 3.63) is 289 Å². The molecule has 14 rings (SSSR count). The van der Waals surface area contributed by atoms with Gasteiger partial charge in [0, 0.05) is 44.5 Å². The van der Waals surface area contributed by atoms with Crippen molar-refractivity contribution in [1.82, 2.24) is 4.57 Å². The Balaban J connectivity index is 1.07. The van der Waals surface area contributed by atoms with Crippen molar-refractivity contribution < 1.29 is 4.74 Å². The second kappa shape index (κ2) is 16.0. The zero-order valence-corrected chi connectivity index (χ0v) is 38.2. The lowest BCUT2D eigenvalue weighted by Gasteiger charge is -2.40. The SMILES string of the molecule is c1ccc(-c2cc3c(cc2-c2ccccc2)C2(c4ccccc4O3)c3ccccc3-c3ccc(N(c4ccc5c6ccccc6n(-c6ccccc6)c5c4)c4ccccc4-c4ccccc4)cc32)cc1. The molecule has 0 bridgehead atoms. The third-order valence-electron chi connectivity index (χ3n) is 14.7. The molecule has 3 heteroatoms. The van der Waals surface area contributed by atoms with E-state index in [9.17, 15) is 0 Å². The Morgan fingerprint density at radius 2 is 0.843 bits per heavy atom. The van der Waals surface area contributed by atoms with E-state index < -0.39 is 5.41 Å². The summed E-state index contributed by atoms with van der Waals surface area (Å²) in [5, 5.41) is 2.44. The first kappa shape index (κ1) is 39.9. The Kier molecular flexibility index (Phi) is 9.11. The zero-order chi connectivity index (χ0) is 46.2. The molecular weight excluding hydrogens is 849 g/mol. The van der Waals surface area contributed by atoms with Crippen LogP contribution in [-0.4, -0.2) is 4.57 Å². The van der Waals surface area contributed by atoms with Crippen LogP contribution in [0.3, 0.4) is 0 Å². The van der Waals surface area contributed by atoms with Gasteiger partial charge in [-0.15, -0.1) is 0 Å². The van der Waals surface area contributed by atoms with Gasteiger partial charge in [0.15, 0.2) is 0 Å². The Labute approximate surface area is 407 Å². The number of anilines is 3. The third-order valence-corrected chi connectivity index (χ3v) is 14.7. The largest absolute Gasteiger partial charge is 0.457 e. The van der Waals surface area contributed by atoms with E-state index in [1.165, 1.54) is 38.5 Å². The molecule has 1 spiro atoms. The van der Waals surface area contributed by atoms with Crippen LogP contribution in [0.25, 0.3) is 72.0 Å². The molecule has 0 saturated heterocycles. The lowest BCUT2D eigenvalue weighted by molar-refractivity contribution is 0.436. The fraction of sp³-hybridized carbons (Fsp3) is 0.0149. The molecule has 0 amide bonds. The third kappa shape index (κ3) is 6.01. The topological polar surface area (TPSA) is 17.4 Å². The van der Waals surface area contributed by atoms with E-state index in [-0.39, 0.29) is 0 Å². The summed E-state index contributed by atoms with van der Waals surface area (Å²) in [5.74, 6) is 1.72. The smallest absolute Gasteiger partial charge is 0.132 e. The first-order valence-electron chi connectivity index (χ1n) is 24.1. The summed E-state index contributed by atoms with van der Waals surface area (Å²) in [6, 6.07) is 97.3. The molecule has 328 valence electrons. The molecule has 11 aromatic carbocycles. The average molecular weight is 893 g/mol. The van der Waals surface area contributed by atoms with Crippen LogP contribution in [0.4, 0.5) is 17.1 Å². The molecular formula is C67H44N2O. The molecule has 70 heavy (non-hydrogen) atoms. The second-order valence-corrected chi connectivity index (χ2v) is 18.4. The van der Waals surface area contributed by atoms with Gasteiger partial charge >= 0.3 is 0 Å². The zero-order valence-electron chi connectivity index (χ0n) is 38.2. The number of nitrogens with zero attached hydrogens (tertiary/aromatic N) is 2. The van der Waals surface area contributed by atoms with Crippen molar-refractivity contribution in [1.29, 1.82) is 0 Å². The second-order valence-electron chi connectivity index (χ2n) is 18.4. The van der Waals surface area contributed by atoms with Gasteiger partial charge in [-0.2, -0.15) is 0 Å². The maximum absolute atomic E-state index is 7.13. The van der Waals surface area contributed by atoms with Crippen molar-refractivity contribution in [2.45, 2.75) is 5.41 Å². The highest BCUT2D eigenvalue weighted by molar-refractivity contribution is 6.10. The quantitative estimate of drug-likeness (QED) is 0.159. The number of benzene rings is 11. The lowest BCUT2D eigenvalue weighted by atomic mass is 9.65. The average Bonchev–Trinajstić information content (AvgIpc) is 3.92. The van der Waals surface area contributed by atoms with Crippen LogP contribution in [0.5, 0.6) is 11.5 Å². The minimum Gasteiger partial charge on any atom is -0.457 e. The summed E-state index contributed by atoms with van der Waals surface area (Å²) in [5.41, 5.74) is 20.0. The molecule has 1 unspecified atom stereocenters. The van der Waals surface area contributed by atoms with E-state index in [0.717, 1.165) is 84.3 Å². The van der Waals surface area contributed by atoms with Crippen molar-refractivity contribution in [2.24, 2.45) is 0 Å². The summed E-state index contributed by atoms with van der Waals surface area (Å²) in [4.78, 5) is 2.48. The number of hydrogen-bond donors (Lipinski definition) is 0. The monoisotopic (exact) mass is 892 g/mol. The van der Waals surface area contributed by atoms with Crippen molar-refractivity contribution in [3.8, 4) is 61.7 Å². The van der Waals surface area contributed by atoms with Crippen LogP contribution >= 0.6 is 0 Å². The number of fused-ring (bicyclic) bond motifs is 12. The van der Waals surface area contributed by atoms with Crippen LogP contribution in [0.1, 0.15) is 22.3 Å². The minimum atomic E-state index is -0.723. The van der Waals surface area contributed by atoms with E-state index >= 15 is 0 Å². The van der Waals surface area contributed by atoms with Gasteiger partial charge in [0.1, 0.15) is 11.5 Å². The molecule has 3 nitrogen and oxygen atoms in total. The summed E-state index contributed by atoms with van der Waals surface area (Å²) >= 11 is 0. The van der Waals surface area contributed by atoms with Gasteiger partial charge in [-0.1, -0.05) is 200 Å². The van der Waals surface area contributed by atoms with Gasteiger partial charge in [-0.05, 0) is 117 Å². The number of hydrogen-bond acceptors (Lipinski definition) is 2. The Morgan fingerprint density at radius 1 is 0.314 bits per heavy atom. The van der Waals surface area contributed by atoms with E-state index in [0.29, 0.717) is 0 Å². The highest BCUT2D eigenvalue weighted by atomic mass is 16.5. The molecule has 2 heterocycles. The maximum atomic E-state index is 7.13. The van der Waals surface area contributed by atoms with Gasteiger partial charge < -0.3 is 14.2 Å². The lowest BCUT2D eigenvalue weighted by Crippen LogP contribution is -2.32. The summed E-state index contributed by atoms with van der Waals surface area (Å²) < 4.78 is 9.54. The molecule has 1 atom stereocenters. The molecule has 0 N–H and O–H groups in total. The maximum Gasteiger partial charge on any atom is 0.132 e. The number of ether oxygens (including phenoxy) is 1. The van der Waals surface area contributed by atoms with Crippen molar-refractivity contribution in [2.75, 3.05) is 4.90 Å². The molecule has 0 radical (unpaired) electrons. The molecule has 1 aliphatic carbocycles. The Morgan fingerprint density at radius 3 is 1.59 bits per heavy atom. The first-order valence-corrected chi connectivity index (χ1v) is 24.1. The summed E-state index contributed by atoms with van der Waals surface area (Å²) in [6.07, 6.45) is 0. The normalized spacial score (nSPS) is 14.2. The van der Waals surface area contributed by atoms with Gasteiger partial charge in [0.2, 0.25) is 0 Å². The van der Waals surface area contributed by atoms with E-state index in [1.54, 1.807) is 0 Å². The highest BCUT2D eigenvalue weighted by Gasteiger charge is 2.51. The molecule has 2 aliphatic rings. The van der Waals surface area contributed by atoms with Crippen molar-refractivity contribution in [3.63, 3.8) is 0 Å². The number of rotatable bonds is 7. The highest BCUT2D eigenvalue weighted by Crippen LogP contribution is 2.64.